The van der Waals surface area contributed by atoms with Crippen LogP contribution in [0.3, 0.4) is 0 Å². The van der Waals surface area contributed by atoms with Gasteiger partial charge in [0.25, 0.3) is 5.91 Å². The van der Waals surface area contributed by atoms with Gasteiger partial charge in [-0.05, 0) is 24.1 Å². The maximum absolute atomic E-state index is 12.6. The normalized spacial score (nSPS) is 20.0. The number of amides is 1. The average Bonchev–Trinajstić information content (AvgIpc) is 2.86. The van der Waals surface area contributed by atoms with Gasteiger partial charge < -0.3 is 0 Å². The Hall–Kier alpha value is -2.57. The first-order valence-electron chi connectivity index (χ1n) is 8.52. The van der Waals surface area contributed by atoms with Gasteiger partial charge in [-0.15, -0.1) is 0 Å². The molecule has 0 spiro atoms. The van der Waals surface area contributed by atoms with Crippen LogP contribution < -0.4 is 0 Å². The molecule has 0 saturated carbocycles. The molecule has 1 aliphatic heterocycles. The first-order chi connectivity index (χ1) is 12.0. The highest BCUT2D eigenvalue weighted by Gasteiger charge is 2.48. The first kappa shape index (κ1) is 17.3. The molecule has 0 N–H and O–H groups in total. The Labute approximate surface area is 149 Å². The SMILES string of the molecule is CON1C(=O)C(C)(C)C[C@H]1[C@H](C#Cc1ccccc1)c1ccccc1. The maximum atomic E-state index is 12.6. The molecule has 1 fully saturated rings. The average molecular weight is 333 g/mol. The van der Waals surface area contributed by atoms with Crippen LogP contribution in [0.4, 0.5) is 0 Å². The fourth-order valence-electron chi connectivity index (χ4n) is 3.36. The van der Waals surface area contributed by atoms with Gasteiger partial charge in [-0.3, -0.25) is 9.63 Å². The molecule has 128 valence electrons. The van der Waals surface area contributed by atoms with Crippen molar-refractivity contribution in [3.8, 4) is 11.8 Å². The predicted octanol–water partition coefficient (Wildman–Crippen LogP) is 4.01. The molecule has 2 aromatic carbocycles. The molecule has 25 heavy (non-hydrogen) atoms. The third-order valence-electron chi connectivity index (χ3n) is 4.69. The molecule has 0 aromatic heterocycles. The van der Waals surface area contributed by atoms with Crippen molar-refractivity contribution >= 4 is 5.91 Å². The molecule has 3 rings (SSSR count). The Morgan fingerprint density at radius 3 is 2.28 bits per heavy atom. The van der Waals surface area contributed by atoms with Crippen LogP contribution in [0.5, 0.6) is 0 Å². The van der Waals surface area contributed by atoms with Crippen LogP contribution in [0.1, 0.15) is 37.3 Å². The summed E-state index contributed by atoms with van der Waals surface area (Å²) in [6.07, 6.45) is 0.711. The van der Waals surface area contributed by atoms with Gasteiger partial charge in [0.2, 0.25) is 0 Å². The van der Waals surface area contributed by atoms with Crippen LogP contribution in [-0.4, -0.2) is 24.1 Å². The zero-order valence-electron chi connectivity index (χ0n) is 14.9. The summed E-state index contributed by atoms with van der Waals surface area (Å²) in [5.74, 6) is 6.57. The lowest BCUT2D eigenvalue weighted by Gasteiger charge is -2.26. The number of rotatable bonds is 3. The Balaban J connectivity index is 2.01. The van der Waals surface area contributed by atoms with Gasteiger partial charge in [0.1, 0.15) is 0 Å². The molecule has 0 radical (unpaired) electrons. The molecule has 1 aliphatic rings. The highest BCUT2D eigenvalue weighted by molar-refractivity contribution is 5.84. The minimum atomic E-state index is -0.442. The summed E-state index contributed by atoms with van der Waals surface area (Å²) in [6, 6.07) is 19.9. The van der Waals surface area contributed by atoms with Crippen LogP contribution in [-0.2, 0) is 9.63 Å². The van der Waals surface area contributed by atoms with E-state index in [0.29, 0.717) is 6.42 Å². The van der Waals surface area contributed by atoms with E-state index in [0.717, 1.165) is 11.1 Å². The summed E-state index contributed by atoms with van der Waals surface area (Å²) in [4.78, 5) is 18.1. The summed E-state index contributed by atoms with van der Waals surface area (Å²) in [5.41, 5.74) is 1.63. The number of hydrogen-bond acceptors (Lipinski definition) is 2. The molecule has 0 unspecified atom stereocenters. The molecule has 1 saturated heterocycles. The summed E-state index contributed by atoms with van der Waals surface area (Å²) in [7, 11) is 1.55. The molecule has 0 bridgehead atoms. The summed E-state index contributed by atoms with van der Waals surface area (Å²) < 4.78 is 0. The van der Waals surface area contributed by atoms with E-state index in [2.05, 4.69) is 24.0 Å². The number of carbonyl (C=O) groups excluding carboxylic acids is 1. The lowest BCUT2D eigenvalue weighted by atomic mass is 9.83. The van der Waals surface area contributed by atoms with Crippen molar-refractivity contribution in [1.29, 1.82) is 0 Å². The quantitative estimate of drug-likeness (QED) is 0.794. The maximum Gasteiger partial charge on any atom is 0.252 e. The topological polar surface area (TPSA) is 29.5 Å². The third-order valence-corrected chi connectivity index (χ3v) is 4.69. The van der Waals surface area contributed by atoms with E-state index in [1.807, 2.05) is 62.4 Å². The van der Waals surface area contributed by atoms with Gasteiger partial charge in [-0.1, -0.05) is 74.2 Å². The van der Waals surface area contributed by atoms with E-state index in [1.54, 1.807) is 7.11 Å². The second kappa shape index (κ2) is 7.13. The number of benzene rings is 2. The summed E-state index contributed by atoms with van der Waals surface area (Å²) in [5, 5.41) is 1.51. The smallest absolute Gasteiger partial charge is 0.252 e. The highest BCUT2D eigenvalue weighted by atomic mass is 16.7. The zero-order valence-corrected chi connectivity index (χ0v) is 14.9. The number of carbonyl (C=O) groups is 1. The highest BCUT2D eigenvalue weighted by Crippen LogP contribution is 2.41. The Morgan fingerprint density at radius 2 is 1.68 bits per heavy atom. The lowest BCUT2D eigenvalue weighted by molar-refractivity contribution is -0.181. The van der Waals surface area contributed by atoms with Gasteiger partial charge in [-0.25, -0.2) is 5.06 Å². The third kappa shape index (κ3) is 3.60. The molecule has 1 heterocycles. The Morgan fingerprint density at radius 1 is 1.08 bits per heavy atom. The van der Waals surface area contributed by atoms with Gasteiger partial charge in [-0.2, -0.15) is 0 Å². The van der Waals surface area contributed by atoms with E-state index in [4.69, 9.17) is 4.84 Å². The number of hydroxylamine groups is 2. The molecule has 3 heteroatoms. The first-order valence-corrected chi connectivity index (χ1v) is 8.52. The molecule has 1 amide bonds. The van der Waals surface area contributed by atoms with E-state index < -0.39 is 5.41 Å². The minimum absolute atomic E-state index is 0.0162. The molecule has 2 aromatic rings. The van der Waals surface area contributed by atoms with Crippen molar-refractivity contribution in [1.82, 2.24) is 5.06 Å². The van der Waals surface area contributed by atoms with Gasteiger partial charge in [0.15, 0.2) is 0 Å². The standard InChI is InChI=1S/C22H23NO2/c1-22(2)16-20(23(25-3)21(22)24)19(18-12-8-5-9-13-18)15-14-17-10-6-4-7-11-17/h4-13,19-20H,16H2,1-3H3/t19-,20+/m1/s1. The Bertz CT molecular complexity index is 787. The van der Waals surface area contributed by atoms with Gasteiger partial charge >= 0.3 is 0 Å². The number of nitrogens with zero attached hydrogens (tertiary/aromatic N) is 1. The second-order valence-electron chi connectivity index (χ2n) is 6.99. The van der Waals surface area contributed by atoms with E-state index in [1.165, 1.54) is 5.06 Å². The zero-order chi connectivity index (χ0) is 17.9. The molecule has 2 atom stereocenters. The lowest BCUT2D eigenvalue weighted by Crippen LogP contribution is -2.37. The van der Waals surface area contributed by atoms with Crippen LogP contribution in [0, 0.1) is 17.3 Å². The van der Waals surface area contributed by atoms with Gasteiger partial charge in [0.05, 0.1) is 19.1 Å². The van der Waals surface area contributed by atoms with Crippen molar-refractivity contribution in [2.24, 2.45) is 5.41 Å². The summed E-state index contributed by atoms with van der Waals surface area (Å²) in [6.45, 7) is 3.93. The van der Waals surface area contributed by atoms with E-state index >= 15 is 0 Å². The fraction of sp³-hybridized carbons (Fsp3) is 0.318. The van der Waals surface area contributed by atoms with Crippen molar-refractivity contribution < 1.29 is 9.63 Å². The monoisotopic (exact) mass is 333 g/mol. The molecular weight excluding hydrogens is 310 g/mol. The molecule has 0 aliphatic carbocycles. The summed E-state index contributed by atoms with van der Waals surface area (Å²) >= 11 is 0. The molecule has 3 nitrogen and oxygen atoms in total. The van der Waals surface area contributed by atoms with Crippen molar-refractivity contribution in [2.75, 3.05) is 7.11 Å². The Kier molecular flexibility index (Phi) is 4.92. The van der Waals surface area contributed by atoms with Crippen LogP contribution in [0.25, 0.3) is 0 Å². The van der Waals surface area contributed by atoms with E-state index in [-0.39, 0.29) is 17.9 Å². The van der Waals surface area contributed by atoms with Crippen molar-refractivity contribution in [3.63, 3.8) is 0 Å². The second-order valence-corrected chi connectivity index (χ2v) is 6.99. The van der Waals surface area contributed by atoms with Crippen molar-refractivity contribution in [2.45, 2.75) is 32.2 Å². The fourth-order valence-corrected chi connectivity index (χ4v) is 3.36. The largest absolute Gasteiger partial charge is 0.274 e. The van der Waals surface area contributed by atoms with Crippen LogP contribution in [0.15, 0.2) is 60.7 Å². The van der Waals surface area contributed by atoms with E-state index in [9.17, 15) is 4.79 Å². The number of hydrogen-bond donors (Lipinski definition) is 0. The van der Waals surface area contributed by atoms with Gasteiger partial charge in [0, 0.05) is 11.0 Å². The van der Waals surface area contributed by atoms with Crippen LogP contribution >= 0.6 is 0 Å². The molecular formula is C22H23NO2. The van der Waals surface area contributed by atoms with Crippen molar-refractivity contribution in [3.05, 3.63) is 71.8 Å². The minimum Gasteiger partial charge on any atom is -0.274 e. The van der Waals surface area contributed by atoms with Crippen LogP contribution in [0.2, 0.25) is 0 Å². The predicted molar refractivity (Wildman–Crippen MR) is 98.5 cm³/mol.